The summed E-state index contributed by atoms with van der Waals surface area (Å²) in [7, 11) is 0. The van der Waals surface area contributed by atoms with E-state index in [-0.39, 0.29) is 28.1 Å². The largest absolute Gasteiger partial charge is 0.390 e. The second-order valence-electron chi connectivity index (χ2n) is 12.6. The fourth-order valence-electron chi connectivity index (χ4n) is 6.34. The van der Waals surface area contributed by atoms with Crippen LogP contribution in [0.1, 0.15) is 96.3 Å². The summed E-state index contributed by atoms with van der Waals surface area (Å²) < 4.78 is 5.79. The Morgan fingerprint density at radius 1 is 1.20 bits per heavy atom. The first-order valence-electron chi connectivity index (χ1n) is 12.8. The molecule has 4 fully saturated rings. The minimum absolute atomic E-state index is 0.0409. The van der Waals surface area contributed by atoms with Gasteiger partial charge in [0.25, 0.3) is 0 Å². The van der Waals surface area contributed by atoms with Crippen molar-refractivity contribution in [3.05, 3.63) is 41.5 Å². The molecule has 35 heavy (non-hydrogen) atoms. The van der Waals surface area contributed by atoms with Crippen LogP contribution in [0, 0.1) is 22.7 Å². The number of nitriles is 1. The molecule has 2 bridgehead atoms. The van der Waals surface area contributed by atoms with Crippen LogP contribution < -0.4 is 4.90 Å². The molecule has 4 saturated carbocycles. The normalized spacial score (nSPS) is 32.1. The molecule has 1 N–H and O–H groups in total. The van der Waals surface area contributed by atoms with E-state index in [0.717, 1.165) is 55.9 Å². The zero-order valence-corrected chi connectivity index (χ0v) is 21.3. The van der Waals surface area contributed by atoms with E-state index in [1.807, 2.05) is 23.1 Å². The van der Waals surface area contributed by atoms with E-state index < -0.39 is 5.60 Å². The Hall–Kier alpha value is -2.72. The van der Waals surface area contributed by atoms with Gasteiger partial charge in [-0.05, 0) is 81.9 Å². The van der Waals surface area contributed by atoms with Crippen molar-refractivity contribution in [2.24, 2.45) is 11.3 Å². The first-order valence-corrected chi connectivity index (χ1v) is 12.8. The summed E-state index contributed by atoms with van der Waals surface area (Å²) in [5, 5.41) is 24.0. The summed E-state index contributed by atoms with van der Waals surface area (Å²) in [6.45, 7) is 8.73. The summed E-state index contributed by atoms with van der Waals surface area (Å²) in [6.07, 6.45) is 6.94. The number of nitrogens with zero attached hydrogens (tertiary/aromatic N) is 4. The molecule has 0 atom stereocenters. The number of hydrogen-bond acceptors (Lipinski definition) is 6. The highest BCUT2D eigenvalue weighted by atomic mass is 16.5. The van der Waals surface area contributed by atoms with Crippen LogP contribution in [-0.2, 0) is 15.6 Å². The van der Waals surface area contributed by atoms with Crippen molar-refractivity contribution in [2.75, 3.05) is 11.4 Å². The van der Waals surface area contributed by atoms with Gasteiger partial charge >= 0.3 is 0 Å². The molecule has 0 saturated heterocycles. The number of carbonyl (C=O) groups is 1. The molecule has 4 aliphatic carbocycles. The number of hydrogen-bond donors (Lipinski definition) is 1. The first-order chi connectivity index (χ1) is 16.4. The summed E-state index contributed by atoms with van der Waals surface area (Å²) in [6, 6.07) is 9.55. The summed E-state index contributed by atoms with van der Waals surface area (Å²) in [5.74, 6) is 1.43. The maximum atomic E-state index is 13.6. The second-order valence-corrected chi connectivity index (χ2v) is 12.6. The Labute approximate surface area is 207 Å². The van der Waals surface area contributed by atoms with Crippen molar-refractivity contribution < 1.29 is 14.4 Å². The predicted molar refractivity (Wildman–Crippen MR) is 132 cm³/mol. The van der Waals surface area contributed by atoms with E-state index in [9.17, 15) is 15.2 Å². The molecule has 6 rings (SSSR count). The third-order valence-corrected chi connectivity index (χ3v) is 8.72. The number of fused-ring (bicyclic) bond motifs is 3. The van der Waals surface area contributed by atoms with Crippen molar-refractivity contribution >= 4 is 11.6 Å². The number of carbonyl (C=O) groups excluding carboxylic acids is 1. The molecular weight excluding hydrogens is 440 g/mol. The van der Waals surface area contributed by atoms with E-state index in [0.29, 0.717) is 24.9 Å². The van der Waals surface area contributed by atoms with Gasteiger partial charge in [0.15, 0.2) is 5.82 Å². The Morgan fingerprint density at radius 3 is 2.40 bits per heavy atom. The molecule has 186 valence electrons. The van der Waals surface area contributed by atoms with Crippen molar-refractivity contribution in [3.8, 4) is 6.07 Å². The van der Waals surface area contributed by atoms with Crippen molar-refractivity contribution in [1.29, 1.82) is 5.26 Å². The van der Waals surface area contributed by atoms with Crippen LogP contribution in [0.2, 0.25) is 0 Å². The second kappa shape index (κ2) is 8.16. The van der Waals surface area contributed by atoms with Crippen molar-refractivity contribution in [2.45, 2.75) is 95.5 Å². The Balaban J connectivity index is 1.37. The third-order valence-electron chi connectivity index (χ3n) is 8.72. The smallest absolute Gasteiger partial charge is 0.232 e. The summed E-state index contributed by atoms with van der Waals surface area (Å²) in [4.78, 5) is 20.4. The predicted octanol–water partition coefficient (Wildman–Crippen LogP) is 5.02. The molecule has 0 unspecified atom stereocenters. The zero-order chi connectivity index (χ0) is 25.1. The third kappa shape index (κ3) is 4.38. The molecule has 1 heterocycles. The van der Waals surface area contributed by atoms with Gasteiger partial charge in [-0.3, -0.25) is 4.79 Å². The number of amides is 1. The number of anilines is 1. The van der Waals surface area contributed by atoms with Gasteiger partial charge in [-0.25, -0.2) is 0 Å². The van der Waals surface area contributed by atoms with Crippen LogP contribution in [0.15, 0.2) is 28.8 Å². The molecule has 7 heteroatoms. The lowest BCUT2D eigenvalue weighted by atomic mass is 9.53. The maximum Gasteiger partial charge on any atom is 0.232 e. The SMILES string of the molecule is CC1(O)CC(C(=O)N(CC23CCC(c4nc(C(C)(C)C)no4)(CC2)CC3)c2cccc(C#N)c2)C1. The van der Waals surface area contributed by atoms with E-state index in [1.165, 1.54) is 0 Å². The number of aliphatic hydroxyl groups is 1. The minimum atomic E-state index is -0.760. The van der Waals surface area contributed by atoms with Crippen LogP contribution in [0.5, 0.6) is 0 Å². The lowest BCUT2D eigenvalue weighted by Gasteiger charge is -2.53. The molecule has 0 aliphatic heterocycles. The summed E-state index contributed by atoms with van der Waals surface area (Å²) >= 11 is 0. The topological polar surface area (TPSA) is 103 Å². The van der Waals surface area contributed by atoms with Gasteiger partial charge in [-0.15, -0.1) is 0 Å². The minimum Gasteiger partial charge on any atom is -0.390 e. The van der Waals surface area contributed by atoms with Crippen LogP contribution in [0.25, 0.3) is 0 Å². The molecule has 1 aromatic heterocycles. The molecule has 0 spiro atoms. The lowest BCUT2D eigenvalue weighted by molar-refractivity contribution is -0.137. The van der Waals surface area contributed by atoms with E-state index >= 15 is 0 Å². The number of benzene rings is 1. The fourth-order valence-corrected chi connectivity index (χ4v) is 6.34. The van der Waals surface area contributed by atoms with Crippen LogP contribution in [0.3, 0.4) is 0 Å². The Morgan fingerprint density at radius 2 is 1.86 bits per heavy atom. The highest BCUT2D eigenvalue weighted by Crippen LogP contribution is 2.58. The molecule has 0 radical (unpaired) electrons. The van der Waals surface area contributed by atoms with Crippen LogP contribution in [-0.4, -0.2) is 33.3 Å². The maximum absolute atomic E-state index is 13.6. The molecule has 4 aliphatic rings. The molecule has 7 nitrogen and oxygen atoms in total. The lowest BCUT2D eigenvalue weighted by Crippen LogP contribution is -2.54. The summed E-state index contributed by atoms with van der Waals surface area (Å²) in [5.41, 5.74) is 0.417. The van der Waals surface area contributed by atoms with Gasteiger partial charge in [-0.1, -0.05) is 32.0 Å². The van der Waals surface area contributed by atoms with Gasteiger partial charge in [0.2, 0.25) is 11.8 Å². The van der Waals surface area contributed by atoms with E-state index in [4.69, 9.17) is 9.51 Å². The van der Waals surface area contributed by atoms with Crippen LogP contribution in [0.4, 0.5) is 5.69 Å². The molecule has 1 amide bonds. The fraction of sp³-hybridized carbons (Fsp3) is 0.643. The average Bonchev–Trinajstić information content (AvgIpc) is 3.34. The van der Waals surface area contributed by atoms with Gasteiger partial charge in [0.1, 0.15) is 0 Å². The van der Waals surface area contributed by atoms with E-state index in [1.54, 1.807) is 13.0 Å². The highest BCUT2D eigenvalue weighted by molar-refractivity contribution is 5.96. The van der Waals surface area contributed by atoms with Gasteiger partial charge in [0.05, 0.1) is 17.2 Å². The molecule has 1 aromatic carbocycles. The quantitative estimate of drug-likeness (QED) is 0.649. The van der Waals surface area contributed by atoms with Crippen molar-refractivity contribution in [1.82, 2.24) is 10.1 Å². The Kier molecular flexibility index (Phi) is 5.60. The van der Waals surface area contributed by atoms with Gasteiger partial charge in [-0.2, -0.15) is 10.2 Å². The molecule has 2 aromatic rings. The van der Waals surface area contributed by atoms with E-state index in [2.05, 4.69) is 32.0 Å². The standard InChI is InChI=1S/C28H36N4O3/c1-25(2,3)23-30-24(35-31-23)28-11-8-27(9-12-28,10-13-28)18-32(21-7-5-6-19(14-21)17-29)22(33)20-15-26(4,34)16-20/h5-7,14,20,34H,8-13,15-16,18H2,1-4H3. The highest BCUT2D eigenvalue weighted by Gasteiger charge is 2.54. The molecular formula is C28H36N4O3. The number of aromatic nitrogens is 2. The zero-order valence-electron chi connectivity index (χ0n) is 21.3. The van der Waals surface area contributed by atoms with Crippen LogP contribution >= 0.6 is 0 Å². The Bertz CT molecular complexity index is 1140. The number of rotatable bonds is 5. The van der Waals surface area contributed by atoms with Gasteiger partial charge < -0.3 is 14.5 Å². The van der Waals surface area contributed by atoms with Gasteiger partial charge in [0, 0.05) is 29.0 Å². The monoisotopic (exact) mass is 476 g/mol. The van der Waals surface area contributed by atoms with Crippen molar-refractivity contribution in [3.63, 3.8) is 0 Å². The first kappa shape index (κ1) is 24.0. The average molecular weight is 477 g/mol.